The average molecular weight is 321 g/mol. The third-order valence-corrected chi connectivity index (χ3v) is 2.64. The zero-order valence-electron chi connectivity index (χ0n) is 11.7. The van der Waals surface area contributed by atoms with Gasteiger partial charge in [0.1, 0.15) is 5.75 Å². The third kappa shape index (κ3) is 4.92. The molecule has 0 bridgehead atoms. The highest BCUT2D eigenvalue weighted by Gasteiger charge is 2.35. The van der Waals surface area contributed by atoms with Gasteiger partial charge in [-0.3, -0.25) is 4.79 Å². The minimum atomic E-state index is -4.83. The molecule has 1 aromatic rings. The molecule has 0 heterocycles. The van der Waals surface area contributed by atoms with Crippen molar-refractivity contribution in [2.24, 2.45) is 0 Å². The van der Waals surface area contributed by atoms with E-state index < -0.39 is 29.5 Å². The van der Waals surface area contributed by atoms with Gasteiger partial charge in [0, 0.05) is 12.7 Å². The first-order valence-corrected chi connectivity index (χ1v) is 5.98. The number of aliphatic carboxylic acids is 1. The van der Waals surface area contributed by atoms with E-state index in [0.29, 0.717) is 0 Å². The topological polar surface area (TPSA) is 84.9 Å². The largest absolute Gasteiger partial charge is 0.573 e. The lowest BCUT2D eigenvalue weighted by molar-refractivity contribution is -0.274. The number of amides is 1. The quantitative estimate of drug-likeness (QED) is 0.834. The third-order valence-electron chi connectivity index (χ3n) is 2.64. The van der Waals surface area contributed by atoms with E-state index in [9.17, 15) is 22.8 Å². The first-order chi connectivity index (χ1) is 10.1. The fourth-order valence-corrected chi connectivity index (χ4v) is 1.57. The lowest BCUT2D eigenvalue weighted by Gasteiger charge is -2.25. The van der Waals surface area contributed by atoms with Crippen LogP contribution in [0.25, 0.3) is 0 Å². The van der Waals surface area contributed by atoms with E-state index in [0.717, 1.165) is 24.3 Å². The highest BCUT2D eigenvalue weighted by atomic mass is 19.4. The Morgan fingerprint density at radius 2 is 1.77 bits per heavy atom. The number of rotatable bonds is 6. The molecule has 1 rings (SSSR count). The summed E-state index contributed by atoms with van der Waals surface area (Å²) in [5, 5.41) is 11.3. The van der Waals surface area contributed by atoms with Crippen LogP contribution >= 0.6 is 0 Å². The smallest absolute Gasteiger partial charge is 0.479 e. The van der Waals surface area contributed by atoms with Gasteiger partial charge in [-0.05, 0) is 31.2 Å². The maximum Gasteiger partial charge on any atom is 0.573 e. The molecule has 1 atom stereocenters. The zero-order chi connectivity index (χ0) is 17.0. The second-order valence-corrected chi connectivity index (χ2v) is 4.60. The first-order valence-electron chi connectivity index (χ1n) is 5.98. The molecule has 0 aromatic heterocycles. The van der Waals surface area contributed by atoms with Crippen molar-refractivity contribution >= 4 is 11.9 Å². The van der Waals surface area contributed by atoms with Crippen LogP contribution in [0, 0.1) is 0 Å². The Kier molecular flexibility index (Phi) is 5.37. The number of ether oxygens (including phenoxy) is 2. The summed E-state index contributed by atoms with van der Waals surface area (Å²) in [7, 11) is 1.27. The molecule has 1 aromatic carbocycles. The Labute approximate surface area is 123 Å². The van der Waals surface area contributed by atoms with Crippen LogP contribution in [0.5, 0.6) is 5.75 Å². The highest BCUT2D eigenvalue weighted by molar-refractivity contribution is 5.97. The molecule has 6 nitrogen and oxygen atoms in total. The number of hydrogen-bond donors (Lipinski definition) is 2. The fraction of sp³-hybridized carbons (Fsp3) is 0.385. The molecule has 0 radical (unpaired) electrons. The normalized spacial score (nSPS) is 14.0. The number of halogens is 3. The van der Waals surface area contributed by atoms with Gasteiger partial charge in [-0.25, -0.2) is 4.79 Å². The second kappa shape index (κ2) is 6.65. The molecule has 0 aliphatic carbocycles. The van der Waals surface area contributed by atoms with Gasteiger partial charge in [0.2, 0.25) is 0 Å². The lowest BCUT2D eigenvalue weighted by atomic mass is 10.0. The van der Waals surface area contributed by atoms with E-state index in [1.807, 2.05) is 0 Å². The van der Waals surface area contributed by atoms with Gasteiger partial charge in [0.05, 0.1) is 6.61 Å². The van der Waals surface area contributed by atoms with E-state index in [-0.39, 0.29) is 12.2 Å². The van der Waals surface area contributed by atoms with Gasteiger partial charge < -0.3 is 19.9 Å². The summed E-state index contributed by atoms with van der Waals surface area (Å²) in [4.78, 5) is 23.1. The Bertz CT molecular complexity index is 544. The molecule has 22 heavy (non-hydrogen) atoms. The number of carboxylic acids is 1. The Balaban J connectivity index is 2.83. The van der Waals surface area contributed by atoms with Crippen molar-refractivity contribution in [1.29, 1.82) is 0 Å². The molecule has 0 spiro atoms. The minimum absolute atomic E-state index is 0.0156. The van der Waals surface area contributed by atoms with E-state index in [1.165, 1.54) is 14.0 Å². The highest BCUT2D eigenvalue weighted by Crippen LogP contribution is 2.22. The monoisotopic (exact) mass is 321 g/mol. The standard InChI is InChI=1S/C13H14F3NO5/c1-12(7-21-2,11(19)20)17-10(18)8-3-5-9(6-4-8)22-13(14,15)16/h3-6H,7H2,1-2H3,(H,17,18)(H,19,20). The number of alkyl halides is 3. The van der Waals surface area contributed by atoms with E-state index in [4.69, 9.17) is 9.84 Å². The number of methoxy groups -OCH3 is 1. The number of hydrogen-bond acceptors (Lipinski definition) is 4. The molecule has 2 N–H and O–H groups in total. The van der Waals surface area contributed by atoms with Gasteiger partial charge in [-0.1, -0.05) is 0 Å². The van der Waals surface area contributed by atoms with Gasteiger partial charge in [0.15, 0.2) is 5.54 Å². The van der Waals surface area contributed by atoms with Crippen LogP contribution in [0.1, 0.15) is 17.3 Å². The molecule has 1 amide bonds. The van der Waals surface area contributed by atoms with Gasteiger partial charge in [-0.15, -0.1) is 13.2 Å². The molecule has 0 aliphatic heterocycles. The van der Waals surface area contributed by atoms with Crippen molar-refractivity contribution in [3.8, 4) is 5.75 Å². The van der Waals surface area contributed by atoms with Crippen LogP contribution in [0.15, 0.2) is 24.3 Å². The predicted molar refractivity (Wildman–Crippen MR) is 68.5 cm³/mol. The molecule has 0 aliphatic rings. The SMILES string of the molecule is COCC(C)(NC(=O)c1ccc(OC(F)(F)F)cc1)C(=O)O. The van der Waals surface area contributed by atoms with Crippen molar-refractivity contribution in [2.75, 3.05) is 13.7 Å². The summed E-state index contributed by atoms with van der Waals surface area (Å²) in [6.45, 7) is 0.973. The average Bonchev–Trinajstić information content (AvgIpc) is 2.37. The summed E-state index contributed by atoms with van der Waals surface area (Å²) in [5.74, 6) is -2.55. The van der Waals surface area contributed by atoms with Crippen molar-refractivity contribution in [3.63, 3.8) is 0 Å². The van der Waals surface area contributed by atoms with E-state index in [1.54, 1.807) is 0 Å². The Morgan fingerprint density at radius 1 is 1.23 bits per heavy atom. The van der Waals surface area contributed by atoms with E-state index in [2.05, 4.69) is 10.1 Å². The van der Waals surface area contributed by atoms with Crippen LogP contribution < -0.4 is 10.1 Å². The van der Waals surface area contributed by atoms with Crippen molar-refractivity contribution < 1.29 is 37.3 Å². The summed E-state index contributed by atoms with van der Waals surface area (Å²) in [6, 6.07) is 4.09. The van der Waals surface area contributed by atoms with Gasteiger partial charge in [-0.2, -0.15) is 0 Å². The number of carbonyl (C=O) groups is 2. The summed E-state index contributed by atoms with van der Waals surface area (Å²) in [6.07, 6.45) is -4.83. The maximum absolute atomic E-state index is 12.0. The molecule has 0 saturated carbocycles. The first kappa shape index (κ1) is 17.8. The molecule has 122 valence electrons. The van der Waals surface area contributed by atoms with Crippen LogP contribution in [-0.4, -0.2) is 42.6 Å². The van der Waals surface area contributed by atoms with Gasteiger partial charge >= 0.3 is 12.3 Å². The molecule has 0 fully saturated rings. The molecule has 1 unspecified atom stereocenters. The second-order valence-electron chi connectivity index (χ2n) is 4.60. The molecule has 9 heteroatoms. The summed E-state index contributed by atoms with van der Waals surface area (Å²) in [5.41, 5.74) is -1.68. The van der Waals surface area contributed by atoms with Crippen molar-refractivity contribution in [3.05, 3.63) is 29.8 Å². The van der Waals surface area contributed by atoms with Crippen molar-refractivity contribution in [2.45, 2.75) is 18.8 Å². The van der Waals surface area contributed by atoms with Crippen LogP contribution in [0.2, 0.25) is 0 Å². The summed E-state index contributed by atoms with van der Waals surface area (Å²) >= 11 is 0. The number of carbonyl (C=O) groups excluding carboxylic acids is 1. The molecular formula is C13H14F3NO5. The number of nitrogens with one attached hydrogen (secondary N) is 1. The minimum Gasteiger partial charge on any atom is -0.479 e. The fourth-order valence-electron chi connectivity index (χ4n) is 1.57. The van der Waals surface area contributed by atoms with Crippen LogP contribution in [0.3, 0.4) is 0 Å². The van der Waals surface area contributed by atoms with Crippen LogP contribution in [0.4, 0.5) is 13.2 Å². The Hall–Kier alpha value is -2.29. The number of carboxylic acid groups (broad SMARTS) is 1. The summed E-state index contributed by atoms with van der Waals surface area (Å²) < 4.78 is 44.5. The number of benzene rings is 1. The maximum atomic E-state index is 12.0. The Morgan fingerprint density at radius 3 is 2.18 bits per heavy atom. The lowest BCUT2D eigenvalue weighted by Crippen LogP contribution is -2.55. The van der Waals surface area contributed by atoms with Crippen LogP contribution in [-0.2, 0) is 9.53 Å². The molecular weight excluding hydrogens is 307 g/mol. The predicted octanol–water partition coefficient (Wildman–Crippen LogP) is 1.80. The van der Waals surface area contributed by atoms with E-state index >= 15 is 0 Å². The molecule has 0 saturated heterocycles. The van der Waals surface area contributed by atoms with Crippen molar-refractivity contribution in [1.82, 2.24) is 5.32 Å². The van der Waals surface area contributed by atoms with Gasteiger partial charge in [0.25, 0.3) is 5.91 Å². The zero-order valence-corrected chi connectivity index (χ0v) is 11.7.